The number of nitrogens with zero attached hydrogens (tertiary/aromatic N) is 1. The smallest absolute Gasteiger partial charge is 0.258 e. The highest BCUT2D eigenvalue weighted by atomic mass is 35.5. The first-order valence-corrected chi connectivity index (χ1v) is 7.32. The minimum absolute atomic E-state index is 0.135. The molecule has 0 aliphatic rings. The largest absolute Gasteiger partial charge is 0.273 e. The van der Waals surface area contributed by atoms with Gasteiger partial charge in [-0.1, -0.05) is 18.2 Å². The van der Waals surface area contributed by atoms with Gasteiger partial charge in [0.1, 0.15) is 0 Å². The van der Waals surface area contributed by atoms with E-state index in [4.69, 9.17) is 11.6 Å². The predicted octanol–water partition coefficient (Wildman–Crippen LogP) is 1.64. The van der Waals surface area contributed by atoms with Crippen molar-refractivity contribution in [1.82, 2.24) is 4.72 Å². The molecule has 0 saturated carbocycles. The van der Waals surface area contributed by atoms with Crippen LogP contribution in [0.4, 0.5) is 5.69 Å². The molecule has 1 aromatic carbocycles. The zero-order valence-corrected chi connectivity index (χ0v) is 11.2. The van der Waals surface area contributed by atoms with Crippen molar-refractivity contribution in [3.8, 4) is 0 Å². The van der Waals surface area contributed by atoms with Crippen LogP contribution < -0.4 is 4.72 Å². The summed E-state index contributed by atoms with van der Waals surface area (Å²) >= 11 is 5.51. The first kappa shape index (κ1) is 14.9. The highest BCUT2D eigenvalue weighted by Crippen LogP contribution is 2.19. The fraction of sp³-hybridized carbons (Fsp3) is 0.400. The van der Waals surface area contributed by atoms with Crippen LogP contribution in [0, 0.1) is 10.1 Å². The molecule has 8 heteroatoms. The Labute approximate surface area is 110 Å². The lowest BCUT2D eigenvalue weighted by Crippen LogP contribution is -2.34. The summed E-state index contributed by atoms with van der Waals surface area (Å²) in [6.45, 7) is 1.62. The van der Waals surface area contributed by atoms with Gasteiger partial charge in [0.2, 0.25) is 10.0 Å². The number of halogens is 1. The van der Waals surface area contributed by atoms with Crippen LogP contribution in [0.1, 0.15) is 12.5 Å². The van der Waals surface area contributed by atoms with E-state index in [9.17, 15) is 18.5 Å². The quantitative estimate of drug-likeness (QED) is 0.490. The average molecular weight is 293 g/mol. The molecule has 6 nitrogen and oxygen atoms in total. The molecule has 0 radical (unpaired) electrons. The summed E-state index contributed by atoms with van der Waals surface area (Å²) < 4.78 is 25.8. The maximum absolute atomic E-state index is 11.8. The number of hydrogen-bond acceptors (Lipinski definition) is 4. The molecule has 1 atom stereocenters. The second kappa shape index (κ2) is 6.12. The van der Waals surface area contributed by atoms with Gasteiger partial charge in [-0.05, 0) is 6.92 Å². The Morgan fingerprint density at radius 3 is 2.61 bits per heavy atom. The fourth-order valence-electron chi connectivity index (χ4n) is 1.40. The lowest BCUT2D eigenvalue weighted by atomic mass is 10.2. The third kappa shape index (κ3) is 4.25. The number of hydrogen-bond donors (Lipinski definition) is 1. The first-order chi connectivity index (χ1) is 8.35. The number of nitro benzene ring substituents is 1. The minimum atomic E-state index is -3.64. The Morgan fingerprint density at radius 1 is 1.44 bits per heavy atom. The molecule has 0 amide bonds. The van der Waals surface area contributed by atoms with Crippen molar-refractivity contribution < 1.29 is 13.3 Å². The Balaban J connectivity index is 2.94. The molecule has 0 bridgehead atoms. The number of alkyl halides is 1. The molecule has 0 aliphatic carbocycles. The van der Waals surface area contributed by atoms with Crippen molar-refractivity contribution in [2.45, 2.75) is 18.7 Å². The van der Waals surface area contributed by atoms with Crippen molar-refractivity contribution in [2.24, 2.45) is 0 Å². The normalized spacial score (nSPS) is 13.2. The molecule has 1 rings (SSSR count). The number of benzene rings is 1. The van der Waals surface area contributed by atoms with Gasteiger partial charge in [-0.25, -0.2) is 13.1 Å². The SMILES string of the molecule is CC(CCl)NS(=O)(=O)Cc1ccccc1[N+](=O)[O-]. The van der Waals surface area contributed by atoms with Gasteiger partial charge in [0.25, 0.3) is 5.69 Å². The van der Waals surface area contributed by atoms with E-state index >= 15 is 0 Å². The summed E-state index contributed by atoms with van der Waals surface area (Å²) in [6, 6.07) is 5.32. The van der Waals surface area contributed by atoms with Crippen LogP contribution in [-0.4, -0.2) is 25.3 Å². The van der Waals surface area contributed by atoms with Gasteiger partial charge in [0.15, 0.2) is 0 Å². The molecular formula is C10H13ClN2O4S. The van der Waals surface area contributed by atoms with Crippen LogP contribution in [0.15, 0.2) is 24.3 Å². The first-order valence-electron chi connectivity index (χ1n) is 5.14. The maximum atomic E-state index is 11.8. The van der Waals surface area contributed by atoms with Gasteiger partial charge in [0.05, 0.1) is 10.7 Å². The Bertz CT molecular complexity index is 532. The van der Waals surface area contributed by atoms with Crippen molar-refractivity contribution in [3.63, 3.8) is 0 Å². The van der Waals surface area contributed by atoms with Gasteiger partial charge < -0.3 is 0 Å². The molecule has 18 heavy (non-hydrogen) atoms. The summed E-state index contributed by atoms with van der Waals surface area (Å²) in [5, 5.41) is 10.8. The van der Waals surface area contributed by atoms with E-state index in [1.807, 2.05) is 0 Å². The van der Waals surface area contributed by atoms with E-state index in [1.54, 1.807) is 13.0 Å². The molecule has 1 aromatic rings. The van der Waals surface area contributed by atoms with Crippen LogP contribution in [0.3, 0.4) is 0 Å². The van der Waals surface area contributed by atoms with Gasteiger partial charge in [-0.2, -0.15) is 0 Å². The lowest BCUT2D eigenvalue weighted by molar-refractivity contribution is -0.385. The van der Waals surface area contributed by atoms with Crippen molar-refractivity contribution in [3.05, 3.63) is 39.9 Å². The molecule has 0 heterocycles. The van der Waals surface area contributed by atoms with Gasteiger partial charge in [0, 0.05) is 23.6 Å². The number of sulfonamides is 1. The van der Waals surface area contributed by atoms with Gasteiger partial charge >= 0.3 is 0 Å². The molecule has 0 spiro atoms. The van der Waals surface area contributed by atoms with Crippen LogP contribution in [0.25, 0.3) is 0 Å². The van der Waals surface area contributed by atoms with E-state index in [-0.39, 0.29) is 17.1 Å². The summed E-state index contributed by atoms with van der Waals surface area (Å²) in [7, 11) is -3.64. The number of nitro groups is 1. The Kier molecular flexibility index (Phi) is 5.06. The van der Waals surface area contributed by atoms with Crippen LogP contribution >= 0.6 is 11.6 Å². The molecule has 100 valence electrons. The average Bonchev–Trinajstić information content (AvgIpc) is 2.28. The fourth-order valence-corrected chi connectivity index (χ4v) is 3.00. The molecule has 0 aliphatic heterocycles. The Hall–Kier alpha value is -1.18. The third-order valence-electron chi connectivity index (χ3n) is 2.15. The van der Waals surface area contributed by atoms with E-state index in [0.29, 0.717) is 0 Å². The zero-order valence-electron chi connectivity index (χ0n) is 9.67. The van der Waals surface area contributed by atoms with Crippen LogP contribution in [-0.2, 0) is 15.8 Å². The monoisotopic (exact) mass is 292 g/mol. The zero-order chi connectivity index (χ0) is 13.8. The number of rotatable bonds is 6. The summed E-state index contributed by atoms with van der Waals surface area (Å²) in [4.78, 5) is 10.2. The second-order valence-corrected chi connectivity index (χ2v) is 5.88. The topological polar surface area (TPSA) is 89.3 Å². The highest BCUT2D eigenvalue weighted by Gasteiger charge is 2.20. The van der Waals surface area contributed by atoms with Gasteiger partial charge in [-0.15, -0.1) is 11.6 Å². The number of nitrogens with one attached hydrogen (secondary N) is 1. The van der Waals surface area contributed by atoms with E-state index < -0.39 is 26.7 Å². The van der Waals surface area contributed by atoms with Crippen molar-refractivity contribution in [2.75, 3.05) is 5.88 Å². The van der Waals surface area contributed by atoms with Crippen LogP contribution in [0.2, 0.25) is 0 Å². The third-order valence-corrected chi connectivity index (χ3v) is 4.06. The van der Waals surface area contributed by atoms with Gasteiger partial charge in [-0.3, -0.25) is 10.1 Å². The van der Waals surface area contributed by atoms with Crippen molar-refractivity contribution >= 4 is 27.3 Å². The summed E-state index contributed by atoms with van der Waals surface area (Å²) in [5.74, 6) is -0.304. The van der Waals surface area contributed by atoms with E-state index in [2.05, 4.69) is 4.72 Å². The van der Waals surface area contributed by atoms with Crippen molar-refractivity contribution in [1.29, 1.82) is 0 Å². The summed E-state index contributed by atoms with van der Waals surface area (Å²) in [6.07, 6.45) is 0. The molecule has 0 aromatic heterocycles. The second-order valence-electron chi connectivity index (χ2n) is 3.82. The molecule has 1 unspecified atom stereocenters. The molecule has 1 N–H and O–H groups in total. The van der Waals surface area contributed by atoms with E-state index in [1.165, 1.54) is 18.2 Å². The summed E-state index contributed by atoms with van der Waals surface area (Å²) in [5.41, 5.74) is -0.0572. The molecule has 0 fully saturated rings. The van der Waals surface area contributed by atoms with Crippen LogP contribution in [0.5, 0.6) is 0 Å². The lowest BCUT2D eigenvalue weighted by Gasteiger charge is -2.11. The maximum Gasteiger partial charge on any atom is 0.273 e. The minimum Gasteiger partial charge on any atom is -0.258 e. The van der Waals surface area contributed by atoms with E-state index in [0.717, 1.165) is 0 Å². The number of para-hydroxylation sites is 1. The molecule has 0 saturated heterocycles. The molecular weight excluding hydrogens is 280 g/mol. The predicted molar refractivity (Wildman–Crippen MR) is 69.0 cm³/mol. The Morgan fingerprint density at radius 2 is 2.06 bits per heavy atom. The standard InChI is InChI=1S/C10H13ClN2O4S/c1-8(6-11)12-18(16,17)7-9-4-2-3-5-10(9)13(14)15/h2-5,8,12H,6-7H2,1H3. The highest BCUT2D eigenvalue weighted by molar-refractivity contribution is 7.88.